The molecule has 0 radical (unpaired) electrons. The van der Waals surface area contributed by atoms with Crippen molar-refractivity contribution in [1.82, 2.24) is 4.90 Å². The molecule has 0 fully saturated rings. The number of rotatable bonds is 24. The van der Waals surface area contributed by atoms with Crippen molar-refractivity contribution in [2.45, 2.75) is 155 Å². The van der Waals surface area contributed by atoms with Crippen molar-refractivity contribution in [3.05, 3.63) is 0 Å². The highest BCUT2D eigenvalue weighted by Crippen LogP contribution is 2.14. The minimum absolute atomic E-state index is 0.101. The first kappa shape index (κ1) is 31.1. The first-order chi connectivity index (χ1) is 15.7. The van der Waals surface area contributed by atoms with Crippen LogP contribution in [0.1, 0.15) is 155 Å². The van der Waals surface area contributed by atoms with Crippen molar-refractivity contribution < 1.29 is 14.7 Å². The molecule has 190 valence electrons. The molecule has 0 aromatic carbocycles. The Kier molecular flexibility index (Phi) is 24.0. The fourth-order valence-corrected chi connectivity index (χ4v) is 4.29. The van der Waals surface area contributed by atoms with Crippen LogP contribution < -0.4 is 0 Å². The molecule has 0 aliphatic carbocycles. The molecule has 0 aliphatic heterocycles. The summed E-state index contributed by atoms with van der Waals surface area (Å²) in [5.41, 5.74) is 0. The van der Waals surface area contributed by atoms with Gasteiger partial charge in [-0.15, -0.1) is 0 Å². The fraction of sp³-hybridized carbons (Fsp3) is 0.929. The monoisotopic (exact) mass is 453 g/mol. The number of amides is 2. The van der Waals surface area contributed by atoms with Crippen molar-refractivity contribution in [3.63, 3.8) is 0 Å². The van der Waals surface area contributed by atoms with Crippen molar-refractivity contribution in [3.8, 4) is 0 Å². The third kappa shape index (κ3) is 19.8. The molecule has 0 aliphatic rings. The summed E-state index contributed by atoms with van der Waals surface area (Å²) in [4.78, 5) is 26.3. The van der Waals surface area contributed by atoms with E-state index in [0.717, 1.165) is 25.7 Å². The number of hydrogen-bond acceptors (Lipinski definition) is 3. The lowest BCUT2D eigenvalue weighted by molar-refractivity contribution is -0.145. The van der Waals surface area contributed by atoms with Crippen LogP contribution in [0.2, 0.25) is 0 Å². The molecule has 0 aromatic rings. The van der Waals surface area contributed by atoms with E-state index in [1.165, 1.54) is 108 Å². The summed E-state index contributed by atoms with van der Waals surface area (Å²) in [6.07, 6.45) is 25.5. The summed E-state index contributed by atoms with van der Waals surface area (Å²) in [6, 6.07) is 0. The molecule has 4 nitrogen and oxygen atoms in total. The fourth-order valence-electron chi connectivity index (χ4n) is 4.29. The van der Waals surface area contributed by atoms with Gasteiger partial charge in [0.2, 0.25) is 11.8 Å². The van der Waals surface area contributed by atoms with Crippen LogP contribution in [-0.4, -0.2) is 35.0 Å². The second kappa shape index (κ2) is 24.7. The number of unbranched alkanes of at least 4 members (excludes halogenated alkanes) is 18. The molecule has 2 amide bonds. The molecule has 0 heterocycles. The largest absolute Gasteiger partial charge is 0.395 e. The molecule has 0 saturated carbocycles. The predicted molar refractivity (Wildman–Crippen MR) is 137 cm³/mol. The smallest absolute Gasteiger partial charge is 0.229 e. The maximum Gasteiger partial charge on any atom is 0.229 e. The molecule has 0 unspecified atom stereocenters. The zero-order valence-corrected chi connectivity index (χ0v) is 21.7. The molecular weight excluding hydrogens is 398 g/mol. The summed E-state index contributed by atoms with van der Waals surface area (Å²) >= 11 is 0. The molecule has 1 N–H and O–H groups in total. The number of aliphatic hydroxyl groups is 1. The maximum atomic E-state index is 12.5. The van der Waals surface area contributed by atoms with E-state index in [9.17, 15) is 14.7 Å². The number of carbonyl (C=O) groups is 2. The van der Waals surface area contributed by atoms with Gasteiger partial charge in [0, 0.05) is 12.8 Å². The van der Waals surface area contributed by atoms with E-state index >= 15 is 0 Å². The van der Waals surface area contributed by atoms with Crippen molar-refractivity contribution >= 4 is 11.8 Å². The molecule has 32 heavy (non-hydrogen) atoms. The summed E-state index contributed by atoms with van der Waals surface area (Å²) in [6.45, 7) is 4.49. The van der Waals surface area contributed by atoms with Crippen LogP contribution in [0.3, 0.4) is 0 Å². The van der Waals surface area contributed by atoms with E-state index < -0.39 is 0 Å². The Morgan fingerprint density at radius 1 is 0.500 bits per heavy atom. The van der Waals surface area contributed by atoms with E-state index in [-0.39, 0.29) is 25.0 Å². The Morgan fingerprint density at radius 2 is 0.781 bits per heavy atom. The van der Waals surface area contributed by atoms with Gasteiger partial charge in [-0.1, -0.05) is 129 Å². The van der Waals surface area contributed by atoms with E-state index in [1.807, 2.05) is 0 Å². The van der Waals surface area contributed by atoms with Gasteiger partial charge in [0.1, 0.15) is 0 Å². The molecule has 0 spiro atoms. The number of imide groups is 1. The van der Waals surface area contributed by atoms with Crippen LogP contribution in [0.5, 0.6) is 0 Å². The predicted octanol–water partition coefficient (Wildman–Crippen LogP) is 7.96. The van der Waals surface area contributed by atoms with Crippen molar-refractivity contribution in [2.24, 2.45) is 0 Å². The lowest BCUT2D eigenvalue weighted by Crippen LogP contribution is -2.38. The summed E-state index contributed by atoms with van der Waals surface area (Å²) in [5.74, 6) is -0.203. The van der Waals surface area contributed by atoms with Gasteiger partial charge in [-0.05, 0) is 12.8 Å². The van der Waals surface area contributed by atoms with Gasteiger partial charge >= 0.3 is 0 Å². The van der Waals surface area contributed by atoms with Gasteiger partial charge in [0.15, 0.2) is 0 Å². The SMILES string of the molecule is CCCCCCCCCCCCCC(=O)N(CCO)C(=O)CCCCCCCCCCC. The molecule has 4 heteroatoms. The first-order valence-electron chi connectivity index (χ1n) is 14.1. The van der Waals surface area contributed by atoms with Gasteiger partial charge in [0.05, 0.1) is 13.2 Å². The van der Waals surface area contributed by atoms with E-state index in [2.05, 4.69) is 13.8 Å². The first-order valence-corrected chi connectivity index (χ1v) is 14.1. The third-order valence-electron chi connectivity index (χ3n) is 6.41. The Hall–Kier alpha value is -0.900. The Labute approximate surface area is 199 Å². The number of carbonyl (C=O) groups excluding carboxylic acids is 2. The summed E-state index contributed by atoms with van der Waals surface area (Å²) < 4.78 is 0. The summed E-state index contributed by atoms with van der Waals surface area (Å²) in [7, 11) is 0. The maximum absolute atomic E-state index is 12.5. The molecule has 0 bridgehead atoms. The number of aliphatic hydroxyl groups excluding tert-OH is 1. The molecule has 0 rings (SSSR count). The van der Waals surface area contributed by atoms with Gasteiger partial charge in [-0.25, -0.2) is 0 Å². The third-order valence-corrected chi connectivity index (χ3v) is 6.41. The summed E-state index contributed by atoms with van der Waals surface area (Å²) in [5, 5.41) is 9.28. The zero-order valence-electron chi connectivity index (χ0n) is 21.7. The van der Waals surface area contributed by atoms with Gasteiger partial charge < -0.3 is 5.11 Å². The Morgan fingerprint density at radius 3 is 1.06 bits per heavy atom. The highest BCUT2D eigenvalue weighted by Gasteiger charge is 2.19. The topological polar surface area (TPSA) is 57.6 Å². The van der Waals surface area contributed by atoms with E-state index in [4.69, 9.17) is 0 Å². The van der Waals surface area contributed by atoms with Gasteiger partial charge in [-0.2, -0.15) is 0 Å². The van der Waals surface area contributed by atoms with Crippen LogP contribution in [-0.2, 0) is 9.59 Å². The quantitative estimate of drug-likeness (QED) is 0.151. The van der Waals surface area contributed by atoms with Crippen molar-refractivity contribution in [2.75, 3.05) is 13.2 Å². The van der Waals surface area contributed by atoms with Crippen LogP contribution in [0.4, 0.5) is 0 Å². The van der Waals surface area contributed by atoms with Gasteiger partial charge in [0.25, 0.3) is 0 Å². The molecule has 0 atom stereocenters. The highest BCUT2D eigenvalue weighted by atomic mass is 16.3. The van der Waals surface area contributed by atoms with Crippen molar-refractivity contribution in [1.29, 1.82) is 0 Å². The molecule has 0 saturated heterocycles. The van der Waals surface area contributed by atoms with Gasteiger partial charge in [-0.3, -0.25) is 14.5 Å². The standard InChI is InChI=1S/C28H55NO3/c1-3-5-7-9-11-13-14-16-18-20-22-24-28(32)29(25-26-30)27(31)23-21-19-17-15-12-10-8-6-4-2/h30H,3-26H2,1-2H3. The average molecular weight is 454 g/mol. The second-order valence-corrected chi connectivity index (χ2v) is 9.53. The average Bonchev–Trinajstić information content (AvgIpc) is 2.79. The van der Waals surface area contributed by atoms with E-state index in [0.29, 0.717) is 12.8 Å². The van der Waals surface area contributed by atoms with Crippen LogP contribution >= 0.6 is 0 Å². The number of hydrogen-bond donors (Lipinski definition) is 1. The van der Waals surface area contributed by atoms with Crippen LogP contribution in [0.15, 0.2) is 0 Å². The normalized spacial score (nSPS) is 11.1. The lowest BCUT2D eigenvalue weighted by atomic mass is 10.0. The van der Waals surface area contributed by atoms with E-state index in [1.54, 1.807) is 0 Å². The minimum Gasteiger partial charge on any atom is -0.395 e. The highest BCUT2D eigenvalue weighted by molar-refractivity contribution is 5.95. The van der Waals surface area contributed by atoms with Crippen LogP contribution in [0.25, 0.3) is 0 Å². The minimum atomic E-state index is -0.145. The lowest BCUT2D eigenvalue weighted by Gasteiger charge is -2.20. The Bertz CT molecular complexity index is 425. The Balaban J connectivity index is 3.78. The number of nitrogens with zero attached hydrogens (tertiary/aromatic N) is 1. The second-order valence-electron chi connectivity index (χ2n) is 9.53. The van der Waals surface area contributed by atoms with Crippen LogP contribution in [0, 0.1) is 0 Å². The molecule has 0 aromatic heterocycles. The molecular formula is C28H55NO3. The zero-order chi connectivity index (χ0) is 23.7.